The zero-order valence-electron chi connectivity index (χ0n) is 12.4. The molecule has 0 radical (unpaired) electrons. The topological polar surface area (TPSA) is 21.1 Å². The summed E-state index contributed by atoms with van der Waals surface area (Å²) in [6.07, 6.45) is 2.32. The smallest absolute Gasteiger partial charge is 0.127 e. The molecule has 1 aliphatic heterocycles. The summed E-state index contributed by atoms with van der Waals surface area (Å²) in [7, 11) is 2.21. The van der Waals surface area contributed by atoms with Gasteiger partial charge in [-0.05, 0) is 45.9 Å². The van der Waals surface area contributed by atoms with E-state index in [0.717, 1.165) is 30.7 Å². The lowest BCUT2D eigenvalue weighted by atomic mass is 9.98. The number of nitrogens with zero attached hydrogens (tertiary/aromatic N) is 3. The molecule has 1 aliphatic rings. The predicted molar refractivity (Wildman–Crippen MR) is 84.4 cm³/mol. The van der Waals surface area contributed by atoms with Gasteiger partial charge in [-0.15, -0.1) is 11.6 Å². The number of benzene rings is 1. The Balaban J connectivity index is 2.07. The average molecular weight is 292 g/mol. The number of para-hydroxylation sites is 2. The zero-order valence-corrected chi connectivity index (χ0v) is 13.1. The largest absolute Gasteiger partial charge is 0.324 e. The summed E-state index contributed by atoms with van der Waals surface area (Å²) in [5, 5.41) is -0.0580. The highest BCUT2D eigenvalue weighted by molar-refractivity contribution is 6.20. The monoisotopic (exact) mass is 291 g/mol. The van der Waals surface area contributed by atoms with E-state index in [4.69, 9.17) is 16.6 Å². The minimum Gasteiger partial charge on any atom is -0.324 e. The average Bonchev–Trinajstić information content (AvgIpc) is 2.81. The normalized spacial score (nSPS) is 26.0. The van der Waals surface area contributed by atoms with Gasteiger partial charge < -0.3 is 9.47 Å². The second kappa shape index (κ2) is 5.38. The van der Waals surface area contributed by atoms with Gasteiger partial charge in [0.05, 0.1) is 16.4 Å². The number of hydrogen-bond acceptors (Lipinski definition) is 2. The molecular weight excluding hydrogens is 270 g/mol. The molecule has 0 aliphatic carbocycles. The first-order valence-electron chi connectivity index (χ1n) is 7.39. The van der Waals surface area contributed by atoms with E-state index in [1.807, 2.05) is 13.0 Å². The van der Waals surface area contributed by atoms with Crippen LogP contribution in [0.25, 0.3) is 11.0 Å². The lowest BCUT2D eigenvalue weighted by Crippen LogP contribution is -2.38. The Hall–Kier alpha value is -1.06. The summed E-state index contributed by atoms with van der Waals surface area (Å²) in [6, 6.07) is 9.47. The third-order valence-corrected chi connectivity index (χ3v) is 4.72. The van der Waals surface area contributed by atoms with Crippen LogP contribution in [-0.4, -0.2) is 34.1 Å². The van der Waals surface area contributed by atoms with Crippen molar-refractivity contribution in [3.63, 3.8) is 0 Å². The van der Waals surface area contributed by atoms with Gasteiger partial charge in [-0.25, -0.2) is 4.98 Å². The van der Waals surface area contributed by atoms with E-state index in [1.54, 1.807) is 0 Å². The number of likely N-dealkylation sites (tertiary alicyclic amines) is 1. The van der Waals surface area contributed by atoms with Gasteiger partial charge in [0.2, 0.25) is 0 Å². The molecule has 2 heterocycles. The molecule has 3 unspecified atom stereocenters. The Bertz CT molecular complexity index is 605. The fourth-order valence-electron chi connectivity index (χ4n) is 3.23. The summed E-state index contributed by atoms with van der Waals surface area (Å²) in [4.78, 5) is 7.18. The number of piperidine rings is 1. The number of fused-ring (bicyclic) bond motifs is 1. The van der Waals surface area contributed by atoms with Crippen molar-refractivity contribution in [2.45, 2.75) is 44.1 Å². The standard InChI is InChI=1S/C16H22ClN3/c1-11-10-13(8-9-19(11)3)20-15-7-5-4-6-14(15)18-16(20)12(2)17/h4-7,11-13H,8-10H2,1-3H3. The van der Waals surface area contributed by atoms with Crippen LogP contribution >= 0.6 is 11.6 Å². The van der Waals surface area contributed by atoms with Crippen molar-refractivity contribution in [3.05, 3.63) is 30.1 Å². The Morgan fingerprint density at radius 3 is 2.80 bits per heavy atom. The van der Waals surface area contributed by atoms with Crippen LogP contribution in [0.2, 0.25) is 0 Å². The molecule has 3 nitrogen and oxygen atoms in total. The van der Waals surface area contributed by atoms with E-state index in [1.165, 1.54) is 5.52 Å². The third-order valence-electron chi connectivity index (χ3n) is 4.52. The Kier molecular flexibility index (Phi) is 3.74. The fraction of sp³-hybridized carbons (Fsp3) is 0.562. The maximum absolute atomic E-state index is 6.37. The molecule has 1 saturated heterocycles. The summed E-state index contributed by atoms with van der Waals surface area (Å²) in [5.41, 5.74) is 2.28. The highest BCUT2D eigenvalue weighted by atomic mass is 35.5. The Morgan fingerprint density at radius 2 is 2.10 bits per heavy atom. The van der Waals surface area contributed by atoms with Gasteiger partial charge in [-0.3, -0.25) is 0 Å². The first-order chi connectivity index (χ1) is 9.58. The fourth-order valence-corrected chi connectivity index (χ4v) is 3.38. The number of rotatable bonds is 2. The second-order valence-corrected chi connectivity index (χ2v) is 6.61. The lowest BCUT2D eigenvalue weighted by Gasteiger charge is -2.36. The van der Waals surface area contributed by atoms with Gasteiger partial charge in [0.25, 0.3) is 0 Å². The molecule has 0 amide bonds. The van der Waals surface area contributed by atoms with Crippen molar-refractivity contribution in [1.29, 1.82) is 0 Å². The molecule has 1 fully saturated rings. The SMILES string of the molecule is CC(Cl)c1nc2ccccc2n1C1CCN(C)C(C)C1. The molecule has 2 aromatic rings. The lowest BCUT2D eigenvalue weighted by molar-refractivity contribution is 0.157. The number of imidazole rings is 1. The first kappa shape index (κ1) is 13.9. The second-order valence-electron chi connectivity index (χ2n) is 5.95. The van der Waals surface area contributed by atoms with Gasteiger partial charge in [0.15, 0.2) is 0 Å². The van der Waals surface area contributed by atoms with E-state index in [2.05, 4.69) is 41.6 Å². The van der Waals surface area contributed by atoms with Crippen LogP contribution in [0.4, 0.5) is 0 Å². The quantitative estimate of drug-likeness (QED) is 0.780. The molecule has 108 valence electrons. The minimum atomic E-state index is -0.0580. The summed E-state index contributed by atoms with van der Waals surface area (Å²) >= 11 is 6.37. The van der Waals surface area contributed by atoms with Gasteiger partial charge in [0, 0.05) is 18.6 Å². The first-order valence-corrected chi connectivity index (χ1v) is 7.82. The highest BCUT2D eigenvalue weighted by Crippen LogP contribution is 2.34. The Morgan fingerprint density at radius 1 is 1.35 bits per heavy atom. The summed E-state index contributed by atoms with van der Waals surface area (Å²) in [5.74, 6) is 1.01. The number of halogens is 1. The number of alkyl halides is 1. The van der Waals surface area contributed by atoms with Gasteiger partial charge >= 0.3 is 0 Å². The molecule has 1 aromatic carbocycles. The highest BCUT2D eigenvalue weighted by Gasteiger charge is 2.28. The van der Waals surface area contributed by atoms with E-state index >= 15 is 0 Å². The predicted octanol–water partition coefficient (Wildman–Crippen LogP) is 3.99. The number of aromatic nitrogens is 2. The van der Waals surface area contributed by atoms with Crippen LogP contribution in [0, 0.1) is 0 Å². The van der Waals surface area contributed by atoms with Crippen LogP contribution in [0.1, 0.15) is 43.9 Å². The minimum absolute atomic E-state index is 0.0580. The van der Waals surface area contributed by atoms with Gasteiger partial charge in [-0.2, -0.15) is 0 Å². The van der Waals surface area contributed by atoms with Crippen LogP contribution in [-0.2, 0) is 0 Å². The van der Waals surface area contributed by atoms with Crippen LogP contribution in [0.3, 0.4) is 0 Å². The molecule has 20 heavy (non-hydrogen) atoms. The van der Waals surface area contributed by atoms with E-state index < -0.39 is 0 Å². The molecular formula is C16H22ClN3. The van der Waals surface area contributed by atoms with Crippen molar-refractivity contribution in [1.82, 2.24) is 14.5 Å². The zero-order chi connectivity index (χ0) is 14.3. The van der Waals surface area contributed by atoms with Crippen LogP contribution in [0.15, 0.2) is 24.3 Å². The van der Waals surface area contributed by atoms with E-state index in [0.29, 0.717) is 12.1 Å². The van der Waals surface area contributed by atoms with Crippen molar-refractivity contribution < 1.29 is 0 Å². The van der Waals surface area contributed by atoms with Gasteiger partial charge in [0.1, 0.15) is 5.82 Å². The molecule has 0 spiro atoms. The van der Waals surface area contributed by atoms with Crippen molar-refractivity contribution in [3.8, 4) is 0 Å². The van der Waals surface area contributed by atoms with Crippen molar-refractivity contribution in [2.75, 3.05) is 13.6 Å². The molecule has 3 atom stereocenters. The third kappa shape index (κ3) is 2.33. The van der Waals surface area contributed by atoms with Crippen molar-refractivity contribution in [2.24, 2.45) is 0 Å². The molecule has 1 aromatic heterocycles. The molecule has 0 saturated carbocycles. The van der Waals surface area contributed by atoms with E-state index in [9.17, 15) is 0 Å². The van der Waals surface area contributed by atoms with Crippen molar-refractivity contribution >= 4 is 22.6 Å². The summed E-state index contributed by atoms with van der Waals surface area (Å²) < 4.78 is 2.39. The van der Waals surface area contributed by atoms with Gasteiger partial charge in [-0.1, -0.05) is 12.1 Å². The molecule has 0 bridgehead atoms. The Labute approximate surface area is 125 Å². The van der Waals surface area contributed by atoms with Crippen LogP contribution in [0.5, 0.6) is 0 Å². The number of hydrogen-bond donors (Lipinski definition) is 0. The molecule has 4 heteroatoms. The molecule has 0 N–H and O–H groups in total. The van der Waals surface area contributed by atoms with E-state index in [-0.39, 0.29) is 5.38 Å². The molecule has 3 rings (SSSR count). The maximum Gasteiger partial charge on any atom is 0.127 e. The maximum atomic E-state index is 6.37. The van der Waals surface area contributed by atoms with Crippen LogP contribution < -0.4 is 0 Å². The summed E-state index contributed by atoms with van der Waals surface area (Å²) in [6.45, 7) is 5.45.